The molecule has 1 aromatic rings. The SMILES string of the molecule is COC(=O)C(Cc1cnc[nH]1)NC(=O)CO. The predicted molar refractivity (Wildman–Crippen MR) is 53.3 cm³/mol. The zero-order valence-electron chi connectivity index (χ0n) is 8.77. The van der Waals surface area contributed by atoms with Crippen molar-refractivity contribution in [3.8, 4) is 0 Å². The highest BCUT2D eigenvalue weighted by Gasteiger charge is 2.21. The van der Waals surface area contributed by atoms with Crippen LogP contribution in [0.25, 0.3) is 0 Å². The number of aromatic amines is 1. The third-order valence-electron chi connectivity index (χ3n) is 1.94. The van der Waals surface area contributed by atoms with E-state index in [4.69, 9.17) is 5.11 Å². The average molecular weight is 227 g/mol. The molecule has 0 aliphatic rings. The fourth-order valence-electron chi connectivity index (χ4n) is 1.19. The van der Waals surface area contributed by atoms with E-state index in [2.05, 4.69) is 20.0 Å². The maximum atomic E-state index is 11.3. The lowest BCUT2D eigenvalue weighted by molar-refractivity contribution is -0.145. The number of H-pyrrole nitrogens is 1. The van der Waals surface area contributed by atoms with Gasteiger partial charge in [-0.25, -0.2) is 9.78 Å². The molecule has 1 aromatic heterocycles. The van der Waals surface area contributed by atoms with Crippen molar-refractivity contribution in [3.05, 3.63) is 18.2 Å². The first-order valence-electron chi connectivity index (χ1n) is 4.62. The van der Waals surface area contributed by atoms with E-state index < -0.39 is 24.5 Å². The van der Waals surface area contributed by atoms with E-state index in [1.165, 1.54) is 13.4 Å². The Hall–Kier alpha value is -1.89. The van der Waals surface area contributed by atoms with Crippen molar-refractivity contribution < 1.29 is 19.4 Å². The molecule has 0 aliphatic carbocycles. The summed E-state index contributed by atoms with van der Waals surface area (Å²) >= 11 is 0. The first-order chi connectivity index (χ1) is 7.67. The molecule has 0 aliphatic heterocycles. The number of carbonyl (C=O) groups excluding carboxylic acids is 2. The Balaban J connectivity index is 2.64. The van der Waals surface area contributed by atoms with Crippen LogP contribution in [-0.4, -0.2) is 46.7 Å². The van der Waals surface area contributed by atoms with Crippen molar-refractivity contribution in [2.45, 2.75) is 12.5 Å². The maximum absolute atomic E-state index is 11.3. The zero-order valence-corrected chi connectivity index (χ0v) is 8.77. The van der Waals surface area contributed by atoms with E-state index in [1.54, 1.807) is 6.20 Å². The molecule has 0 saturated carbocycles. The Morgan fingerprint density at radius 2 is 2.44 bits per heavy atom. The molecule has 3 N–H and O–H groups in total. The highest BCUT2D eigenvalue weighted by atomic mass is 16.5. The van der Waals surface area contributed by atoms with Crippen molar-refractivity contribution >= 4 is 11.9 Å². The van der Waals surface area contributed by atoms with Crippen molar-refractivity contribution in [1.29, 1.82) is 0 Å². The number of ether oxygens (including phenoxy) is 1. The second-order valence-corrected chi connectivity index (χ2v) is 3.08. The summed E-state index contributed by atoms with van der Waals surface area (Å²) in [6, 6.07) is -0.829. The molecule has 16 heavy (non-hydrogen) atoms. The van der Waals surface area contributed by atoms with Crippen LogP contribution in [0.4, 0.5) is 0 Å². The van der Waals surface area contributed by atoms with Gasteiger partial charge in [0.15, 0.2) is 0 Å². The second-order valence-electron chi connectivity index (χ2n) is 3.08. The summed E-state index contributed by atoms with van der Waals surface area (Å²) in [5.41, 5.74) is 0.689. The van der Waals surface area contributed by atoms with Crippen LogP contribution in [0.1, 0.15) is 5.69 Å². The van der Waals surface area contributed by atoms with Gasteiger partial charge in [0.25, 0.3) is 0 Å². The Morgan fingerprint density at radius 3 is 2.94 bits per heavy atom. The van der Waals surface area contributed by atoms with Gasteiger partial charge < -0.3 is 20.1 Å². The molecule has 1 rings (SSSR count). The van der Waals surface area contributed by atoms with Gasteiger partial charge in [-0.1, -0.05) is 0 Å². The number of nitrogens with zero attached hydrogens (tertiary/aromatic N) is 1. The largest absolute Gasteiger partial charge is 0.467 e. The van der Waals surface area contributed by atoms with Crippen molar-refractivity contribution in [2.75, 3.05) is 13.7 Å². The van der Waals surface area contributed by atoms with Gasteiger partial charge in [-0.05, 0) is 0 Å². The molecule has 7 heteroatoms. The molecule has 7 nitrogen and oxygen atoms in total. The summed E-state index contributed by atoms with van der Waals surface area (Å²) in [6.07, 6.45) is 3.25. The minimum absolute atomic E-state index is 0.235. The number of imidazole rings is 1. The van der Waals surface area contributed by atoms with Crippen molar-refractivity contribution in [2.24, 2.45) is 0 Å². The lowest BCUT2D eigenvalue weighted by Crippen LogP contribution is -2.44. The summed E-state index contributed by atoms with van der Waals surface area (Å²) < 4.78 is 4.54. The monoisotopic (exact) mass is 227 g/mol. The van der Waals surface area contributed by atoms with Crippen LogP contribution in [0.15, 0.2) is 12.5 Å². The topological polar surface area (TPSA) is 104 Å². The standard InChI is InChI=1S/C9H13N3O4/c1-16-9(15)7(12-8(14)4-13)2-6-3-10-5-11-6/h3,5,7,13H,2,4H2,1H3,(H,10,11)(H,12,14). The quantitative estimate of drug-likeness (QED) is 0.537. The molecule has 0 aromatic carbocycles. The molecule has 1 amide bonds. The summed E-state index contributed by atoms with van der Waals surface area (Å²) in [7, 11) is 1.23. The molecular formula is C9H13N3O4. The fourth-order valence-corrected chi connectivity index (χ4v) is 1.19. The van der Waals surface area contributed by atoms with E-state index in [0.717, 1.165) is 0 Å². The number of carbonyl (C=O) groups is 2. The molecule has 0 fully saturated rings. The van der Waals surface area contributed by atoms with Crippen molar-refractivity contribution in [1.82, 2.24) is 15.3 Å². The fraction of sp³-hybridized carbons (Fsp3) is 0.444. The molecule has 0 bridgehead atoms. The molecule has 0 spiro atoms. The third-order valence-corrected chi connectivity index (χ3v) is 1.94. The number of methoxy groups -OCH3 is 1. The van der Waals surface area contributed by atoms with Crippen LogP contribution in [0.3, 0.4) is 0 Å². The Morgan fingerprint density at radius 1 is 1.69 bits per heavy atom. The lowest BCUT2D eigenvalue weighted by atomic mass is 10.1. The molecule has 88 valence electrons. The first kappa shape index (κ1) is 12.2. The van der Waals surface area contributed by atoms with Gasteiger partial charge in [0.2, 0.25) is 5.91 Å². The molecular weight excluding hydrogens is 214 g/mol. The Bertz CT molecular complexity index is 350. The number of rotatable bonds is 5. The van der Waals surface area contributed by atoms with E-state index in [1.807, 2.05) is 0 Å². The van der Waals surface area contributed by atoms with Crippen LogP contribution in [0.5, 0.6) is 0 Å². The summed E-state index contributed by atoms with van der Waals surface area (Å²) in [4.78, 5) is 28.9. The lowest BCUT2D eigenvalue weighted by Gasteiger charge is -2.14. The van der Waals surface area contributed by atoms with Gasteiger partial charge in [-0.15, -0.1) is 0 Å². The number of amides is 1. The first-order valence-corrected chi connectivity index (χ1v) is 4.62. The summed E-state index contributed by atoms with van der Waals surface area (Å²) in [5.74, 6) is -1.20. The molecule has 1 atom stereocenters. The van der Waals surface area contributed by atoms with Crippen LogP contribution >= 0.6 is 0 Å². The number of nitrogens with one attached hydrogen (secondary N) is 2. The highest BCUT2D eigenvalue weighted by molar-refractivity contribution is 5.85. The highest BCUT2D eigenvalue weighted by Crippen LogP contribution is 2.00. The Kier molecular flexibility index (Phi) is 4.46. The predicted octanol–water partition coefficient (Wildman–Crippen LogP) is -1.40. The Labute approximate surface area is 91.8 Å². The van der Waals surface area contributed by atoms with Gasteiger partial charge in [0.1, 0.15) is 12.6 Å². The summed E-state index contributed by atoms with van der Waals surface area (Å²) in [6.45, 7) is -0.670. The molecule has 0 radical (unpaired) electrons. The normalized spacial score (nSPS) is 11.9. The minimum atomic E-state index is -0.829. The van der Waals surface area contributed by atoms with Gasteiger partial charge in [-0.3, -0.25) is 4.79 Å². The van der Waals surface area contributed by atoms with E-state index in [0.29, 0.717) is 5.69 Å². The van der Waals surface area contributed by atoms with Crippen LogP contribution < -0.4 is 5.32 Å². The van der Waals surface area contributed by atoms with Crippen molar-refractivity contribution in [3.63, 3.8) is 0 Å². The number of aromatic nitrogens is 2. The second kappa shape index (κ2) is 5.86. The third kappa shape index (κ3) is 3.35. The van der Waals surface area contributed by atoms with Crippen LogP contribution in [0, 0.1) is 0 Å². The minimum Gasteiger partial charge on any atom is -0.467 e. The van der Waals surface area contributed by atoms with Gasteiger partial charge in [-0.2, -0.15) is 0 Å². The van der Waals surface area contributed by atoms with E-state index in [9.17, 15) is 9.59 Å². The smallest absolute Gasteiger partial charge is 0.328 e. The van der Waals surface area contributed by atoms with Gasteiger partial charge in [0.05, 0.1) is 13.4 Å². The van der Waals surface area contributed by atoms with E-state index >= 15 is 0 Å². The van der Waals surface area contributed by atoms with Crippen LogP contribution in [-0.2, 0) is 20.7 Å². The summed E-state index contributed by atoms with van der Waals surface area (Å²) in [5, 5.41) is 10.9. The molecule has 0 saturated heterocycles. The molecule has 1 heterocycles. The maximum Gasteiger partial charge on any atom is 0.328 e. The van der Waals surface area contributed by atoms with E-state index in [-0.39, 0.29) is 6.42 Å². The van der Waals surface area contributed by atoms with Gasteiger partial charge in [0, 0.05) is 18.3 Å². The van der Waals surface area contributed by atoms with Crippen LogP contribution in [0.2, 0.25) is 0 Å². The number of esters is 1. The van der Waals surface area contributed by atoms with Gasteiger partial charge >= 0.3 is 5.97 Å². The average Bonchev–Trinajstić information content (AvgIpc) is 2.79. The number of hydrogen-bond donors (Lipinski definition) is 3. The number of aliphatic hydroxyl groups is 1. The zero-order chi connectivity index (χ0) is 12.0. The number of hydrogen-bond acceptors (Lipinski definition) is 5. The molecule has 1 unspecified atom stereocenters. The number of aliphatic hydroxyl groups excluding tert-OH is 1.